The molecule has 0 bridgehead atoms. The van der Waals surface area contributed by atoms with Crippen LogP contribution in [0.5, 0.6) is 5.75 Å². The number of pyridine rings is 1. The molecule has 2 N–H and O–H groups in total. The van der Waals surface area contributed by atoms with E-state index in [1.54, 1.807) is 38.1 Å². The molecule has 0 aliphatic heterocycles. The number of aromatic nitrogens is 1. The lowest BCUT2D eigenvalue weighted by molar-refractivity contribution is 0.102. The second-order valence-corrected chi connectivity index (χ2v) is 4.61. The van der Waals surface area contributed by atoms with Crippen molar-refractivity contribution in [2.24, 2.45) is 0 Å². The normalized spacial score (nSPS) is 10.3. The number of halogens is 1. The van der Waals surface area contributed by atoms with Crippen LogP contribution in [-0.2, 0) is 0 Å². The number of hydrogen-bond donors (Lipinski definition) is 2. The van der Waals surface area contributed by atoms with Gasteiger partial charge in [0.25, 0.3) is 5.91 Å². The first-order valence-corrected chi connectivity index (χ1v) is 6.09. The minimum Gasteiger partial charge on any atom is -0.507 e. The van der Waals surface area contributed by atoms with Crippen LogP contribution in [0.15, 0.2) is 30.5 Å². The lowest BCUT2D eigenvalue weighted by Crippen LogP contribution is -2.13. The van der Waals surface area contributed by atoms with Crippen LogP contribution in [0.3, 0.4) is 0 Å². The molecule has 0 unspecified atom stereocenters. The average molecular weight is 277 g/mol. The van der Waals surface area contributed by atoms with E-state index in [4.69, 9.17) is 11.6 Å². The highest BCUT2D eigenvalue weighted by molar-refractivity contribution is 6.29. The Hall–Kier alpha value is -2.07. The van der Waals surface area contributed by atoms with Gasteiger partial charge in [-0.15, -0.1) is 0 Å². The number of amides is 1. The minimum atomic E-state index is -0.296. The van der Waals surface area contributed by atoms with Crippen molar-refractivity contribution in [1.29, 1.82) is 0 Å². The molecule has 1 heterocycles. The molecular weight excluding hydrogens is 264 g/mol. The molecule has 0 aliphatic rings. The van der Waals surface area contributed by atoms with Crippen molar-refractivity contribution >= 4 is 23.2 Å². The molecule has 0 atom stereocenters. The van der Waals surface area contributed by atoms with E-state index >= 15 is 0 Å². The molecule has 2 aromatic rings. The number of phenolic OH excluding ortho intramolecular Hbond substituents is 1. The lowest BCUT2D eigenvalue weighted by Gasteiger charge is -2.11. The predicted molar refractivity (Wildman–Crippen MR) is 74.8 cm³/mol. The molecule has 5 heteroatoms. The molecule has 0 aliphatic carbocycles. The number of carbonyl (C=O) groups is 1. The maximum Gasteiger partial charge on any atom is 0.257 e. The Morgan fingerprint density at radius 3 is 2.63 bits per heavy atom. The van der Waals surface area contributed by atoms with Gasteiger partial charge in [0, 0.05) is 17.4 Å². The van der Waals surface area contributed by atoms with Gasteiger partial charge in [-0.25, -0.2) is 4.98 Å². The van der Waals surface area contributed by atoms with E-state index in [1.165, 1.54) is 6.20 Å². The van der Waals surface area contributed by atoms with Crippen LogP contribution in [0.25, 0.3) is 0 Å². The quantitative estimate of drug-likeness (QED) is 0.827. The van der Waals surface area contributed by atoms with Gasteiger partial charge in [-0.3, -0.25) is 4.79 Å². The predicted octanol–water partition coefficient (Wildman–Crippen LogP) is 3.31. The topological polar surface area (TPSA) is 62.2 Å². The Kier molecular flexibility index (Phi) is 3.71. The van der Waals surface area contributed by atoms with Gasteiger partial charge in [-0.2, -0.15) is 0 Å². The van der Waals surface area contributed by atoms with E-state index in [0.29, 0.717) is 22.0 Å². The monoisotopic (exact) mass is 276 g/mol. The van der Waals surface area contributed by atoms with Crippen molar-refractivity contribution in [3.63, 3.8) is 0 Å². The first-order chi connectivity index (χ1) is 8.99. The Labute approximate surface area is 116 Å². The number of nitrogens with one attached hydrogen (secondary N) is 1. The molecule has 1 aromatic heterocycles. The summed E-state index contributed by atoms with van der Waals surface area (Å²) < 4.78 is 0. The summed E-state index contributed by atoms with van der Waals surface area (Å²) in [6.07, 6.45) is 1.40. The molecule has 19 heavy (non-hydrogen) atoms. The number of aryl methyl sites for hydroxylation is 1. The third kappa shape index (κ3) is 2.85. The summed E-state index contributed by atoms with van der Waals surface area (Å²) in [5.74, 6) is -0.109. The zero-order valence-corrected chi connectivity index (χ0v) is 11.3. The zero-order chi connectivity index (χ0) is 14.0. The Morgan fingerprint density at radius 2 is 2.00 bits per heavy atom. The minimum absolute atomic E-state index is 0.187. The van der Waals surface area contributed by atoms with Crippen molar-refractivity contribution < 1.29 is 9.90 Å². The number of hydrogen-bond acceptors (Lipinski definition) is 3. The first kappa shape index (κ1) is 13.4. The Bertz CT molecular complexity index is 624. The van der Waals surface area contributed by atoms with Gasteiger partial charge in [0.1, 0.15) is 10.9 Å². The summed E-state index contributed by atoms with van der Waals surface area (Å²) in [6, 6.07) is 6.65. The van der Waals surface area contributed by atoms with E-state index in [0.717, 1.165) is 5.56 Å². The molecule has 0 saturated heterocycles. The van der Waals surface area contributed by atoms with Crippen LogP contribution < -0.4 is 5.32 Å². The smallest absolute Gasteiger partial charge is 0.257 e. The largest absolute Gasteiger partial charge is 0.507 e. The van der Waals surface area contributed by atoms with Gasteiger partial charge in [0.05, 0.1) is 5.56 Å². The van der Waals surface area contributed by atoms with Crippen molar-refractivity contribution in [2.45, 2.75) is 13.8 Å². The summed E-state index contributed by atoms with van der Waals surface area (Å²) in [4.78, 5) is 15.8. The molecule has 1 aromatic carbocycles. The van der Waals surface area contributed by atoms with E-state index < -0.39 is 0 Å². The van der Waals surface area contributed by atoms with Crippen LogP contribution in [0.4, 0.5) is 5.69 Å². The zero-order valence-electron chi connectivity index (χ0n) is 10.6. The fourth-order valence-corrected chi connectivity index (χ4v) is 1.79. The SMILES string of the molecule is Cc1ccc(NC(=O)c2ccc(Cl)nc2)c(C)c1O. The lowest BCUT2D eigenvalue weighted by atomic mass is 10.1. The average Bonchev–Trinajstić information content (AvgIpc) is 2.40. The number of rotatable bonds is 2. The highest BCUT2D eigenvalue weighted by atomic mass is 35.5. The van der Waals surface area contributed by atoms with Crippen molar-refractivity contribution in [2.75, 3.05) is 5.32 Å². The standard InChI is InChI=1S/C14H13ClN2O2/c1-8-3-5-11(9(2)13(8)18)17-14(19)10-4-6-12(15)16-7-10/h3-7,18H,1-2H3,(H,17,19). The van der Waals surface area contributed by atoms with E-state index in [2.05, 4.69) is 10.3 Å². The first-order valence-electron chi connectivity index (χ1n) is 5.71. The van der Waals surface area contributed by atoms with Crippen LogP contribution in [0, 0.1) is 13.8 Å². The van der Waals surface area contributed by atoms with Gasteiger partial charge in [-0.1, -0.05) is 17.7 Å². The number of anilines is 1. The van der Waals surface area contributed by atoms with Crippen molar-refractivity contribution in [3.05, 3.63) is 52.3 Å². The van der Waals surface area contributed by atoms with Crippen LogP contribution in [-0.4, -0.2) is 16.0 Å². The van der Waals surface area contributed by atoms with Gasteiger partial charge < -0.3 is 10.4 Å². The molecule has 0 fully saturated rings. The maximum absolute atomic E-state index is 12.0. The fourth-order valence-electron chi connectivity index (χ4n) is 1.68. The summed E-state index contributed by atoms with van der Waals surface area (Å²) in [5, 5.41) is 12.9. The molecule has 98 valence electrons. The van der Waals surface area contributed by atoms with Gasteiger partial charge in [-0.05, 0) is 37.6 Å². The third-order valence-corrected chi connectivity index (χ3v) is 3.09. The summed E-state index contributed by atoms with van der Waals surface area (Å²) >= 11 is 5.66. The second-order valence-electron chi connectivity index (χ2n) is 4.23. The number of benzene rings is 1. The maximum atomic E-state index is 12.0. The molecule has 0 saturated carbocycles. The molecular formula is C14H13ClN2O2. The van der Waals surface area contributed by atoms with Crippen LogP contribution >= 0.6 is 11.6 Å². The number of phenols is 1. The number of aromatic hydroxyl groups is 1. The fraction of sp³-hybridized carbons (Fsp3) is 0.143. The second kappa shape index (κ2) is 5.28. The number of nitrogens with zero attached hydrogens (tertiary/aromatic N) is 1. The van der Waals surface area contributed by atoms with Gasteiger partial charge in [0.15, 0.2) is 0 Å². The third-order valence-electron chi connectivity index (χ3n) is 2.87. The van der Waals surface area contributed by atoms with E-state index in [1.807, 2.05) is 0 Å². The van der Waals surface area contributed by atoms with Crippen molar-refractivity contribution in [1.82, 2.24) is 4.98 Å². The van der Waals surface area contributed by atoms with E-state index in [-0.39, 0.29) is 11.7 Å². The highest BCUT2D eigenvalue weighted by Crippen LogP contribution is 2.28. The highest BCUT2D eigenvalue weighted by Gasteiger charge is 2.11. The summed E-state index contributed by atoms with van der Waals surface area (Å²) in [7, 11) is 0. The Morgan fingerprint density at radius 1 is 1.26 bits per heavy atom. The Balaban J connectivity index is 2.24. The molecule has 4 nitrogen and oxygen atoms in total. The molecule has 0 radical (unpaired) electrons. The van der Waals surface area contributed by atoms with Crippen molar-refractivity contribution in [3.8, 4) is 5.75 Å². The molecule has 2 rings (SSSR count). The molecule has 1 amide bonds. The number of carbonyl (C=O) groups excluding carboxylic acids is 1. The summed E-state index contributed by atoms with van der Waals surface area (Å²) in [6.45, 7) is 3.55. The van der Waals surface area contributed by atoms with Crippen LogP contribution in [0.1, 0.15) is 21.5 Å². The summed E-state index contributed by atoms with van der Waals surface area (Å²) in [5.41, 5.74) is 2.38. The molecule has 0 spiro atoms. The van der Waals surface area contributed by atoms with Gasteiger partial charge in [0.2, 0.25) is 0 Å². The van der Waals surface area contributed by atoms with Crippen LogP contribution in [0.2, 0.25) is 5.15 Å². The van der Waals surface area contributed by atoms with Gasteiger partial charge >= 0.3 is 0 Å². The van der Waals surface area contributed by atoms with E-state index in [9.17, 15) is 9.90 Å².